The van der Waals surface area contributed by atoms with Crippen molar-refractivity contribution in [2.75, 3.05) is 7.11 Å². The van der Waals surface area contributed by atoms with E-state index in [2.05, 4.69) is 0 Å². The quantitative estimate of drug-likeness (QED) is 0.830. The zero-order valence-electron chi connectivity index (χ0n) is 8.87. The number of methoxy groups -OCH3 is 1. The van der Waals surface area contributed by atoms with Crippen LogP contribution in [0.3, 0.4) is 0 Å². The molecule has 0 bridgehead atoms. The van der Waals surface area contributed by atoms with Crippen LogP contribution in [0.2, 0.25) is 0 Å². The van der Waals surface area contributed by atoms with E-state index in [0.717, 1.165) is 18.4 Å². The maximum atomic E-state index is 13.4. The molecular formula is C12H16FNO. The predicted octanol–water partition coefficient (Wildman–Crippen LogP) is 2.63. The molecule has 0 saturated heterocycles. The Kier molecular flexibility index (Phi) is 2.91. The predicted molar refractivity (Wildman–Crippen MR) is 57.2 cm³/mol. The Hall–Kier alpha value is -1.09. The number of hydrogen-bond donors (Lipinski definition) is 1. The van der Waals surface area contributed by atoms with E-state index in [9.17, 15) is 4.39 Å². The monoisotopic (exact) mass is 209 g/mol. The molecule has 1 aliphatic carbocycles. The molecule has 1 aromatic carbocycles. The smallest absolute Gasteiger partial charge is 0.165 e. The van der Waals surface area contributed by atoms with Gasteiger partial charge in [-0.05, 0) is 24.8 Å². The summed E-state index contributed by atoms with van der Waals surface area (Å²) in [6.45, 7) is 0. The first-order valence-electron chi connectivity index (χ1n) is 5.32. The van der Waals surface area contributed by atoms with E-state index in [-0.39, 0.29) is 11.9 Å². The molecule has 0 amide bonds. The highest BCUT2D eigenvalue weighted by Gasteiger charge is 2.28. The number of para-hydroxylation sites is 1. The molecule has 1 aromatic rings. The van der Waals surface area contributed by atoms with Crippen LogP contribution in [0.5, 0.6) is 5.75 Å². The van der Waals surface area contributed by atoms with Crippen LogP contribution in [0.4, 0.5) is 4.39 Å². The van der Waals surface area contributed by atoms with E-state index in [0.29, 0.717) is 11.7 Å². The molecule has 2 N–H and O–H groups in total. The standard InChI is InChI=1S/C12H16FNO/c1-15-12-9(6-3-7-10(12)13)11(14)8-4-2-5-8/h3,6-8,11H,2,4-5,14H2,1H3/t11-/m1/s1. The minimum absolute atomic E-state index is 0.0931. The second-order valence-corrected chi connectivity index (χ2v) is 4.08. The van der Waals surface area contributed by atoms with Gasteiger partial charge in [0.15, 0.2) is 11.6 Å². The highest BCUT2D eigenvalue weighted by Crippen LogP contribution is 2.39. The van der Waals surface area contributed by atoms with Gasteiger partial charge in [0.2, 0.25) is 0 Å². The molecule has 0 unspecified atom stereocenters. The van der Waals surface area contributed by atoms with Crippen molar-refractivity contribution in [2.24, 2.45) is 11.7 Å². The highest BCUT2D eigenvalue weighted by atomic mass is 19.1. The molecule has 0 heterocycles. The maximum absolute atomic E-state index is 13.4. The number of hydrogen-bond acceptors (Lipinski definition) is 2. The number of nitrogens with two attached hydrogens (primary N) is 1. The summed E-state index contributed by atoms with van der Waals surface area (Å²) < 4.78 is 18.5. The normalized spacial score (nSPS) is 18.3. The Morgan fingerprint density at radius 2 is 2.20 bits per heavy atom. The van der Waals surface area contributed by atoms with Crippen molar-refractivity contribution in [1.82, 2.24) is 0 Å². The summed E-state index contributed by atoms with van der Waals surface area (Å²) >= 11 is 0. The largest absolute Gasteiger partial charge is 0.493 e. The number of rotatable bonds is 3. The summed E-state index contributed by atoms with van der Waals surface area (Å²) in [5.41, 5.74) is 6.89. The van der Waals surface area contributed by atoms with Crippen LogP contribution in [0.15, 0.2) is 18.2 Å². The third kappa shape index (κ3) is 1.84. The van der Waals surface area contributed by atoms with Crippen molar-refractivity contribution in [2.45, 2.75) is 25.3 Å². The third-order valence-corrected chi connectivity index (χ3v) is 3.22. The Labute approximate surface area is 89.2 Å². The summed E-state index contributed by atoms with van der Waals surface area (Å²) in [4.78, 5) is 0. The molecule has 82 valence electrons. The third-order valence-electron chi connectivity index (χ3n) is 3.22. The summed E-state index contributed by atoms with van der Waals surface area (Å²) in [6, 6.07) is 4.84. The van der Waals surface area contributed by atoms with Crippen LogP contribution in [-0.4, -0.2) is 7.11 Å². The Balaban J connectivity index is 2.29. The van der Waals surface area contributed by atoms with E-state index in [1.807, 2.05) is 6.07 Å². The molecule has 0 radical (unpaired) electrons. The van der Waals surface area contributed by atoms with E-state index >= 15 is 0 Å². The van der Waals surface area contributed by atoms with Crippen molar-refractivity contribution in [3.63, 3.8) is 0 Å². The Morgan fingerprint density at radius 3 is 2.73 bits per heavy atom. The Bertz CT molecular complexity index is 349. The van der Waals surface area contributed by atoms with Crippen molar-refractivity contribution in [1.29, 1.82) is 0 Å². The minimum atomic E-state index is -0.329. The van der Waals surface area contributed by atoms with Gasteiger partial charge in [-0.3, -0.25) is 0 Å². The maximum Gasteiger partial charge on any atom is 0.165 e. The number of ether oxygens (including phenoxy) is 1. The van der Waals surface area contributed by atoms with Crippen LogP contribution in [-0.2, 0) is 0 Å². The topological polar surface area (TPSA) is 35.2 Å². The lowest BCUT2D eigenvalue weighted by Gasteiger charge is -2.32. The lowest BCUT2D eigenvalue weighted by molar-refractivity contribution is 0.258. The minimum Gasteiger partial charge on any atom is -0.493 e. The lowest BCUT2D eigenvalue weighted by Crippen LogP contribution is -2.27. The molecule has 2 rings (SSSR count). The second kappa shape index (κ2) is 4.19. The molecule has 1 atom stereocenters. The number of halogens is 1. The first kappa shape index (κ1) is 10.4. The summed E-state index contributed by atoms with van der Waals surface area (Å²) in [7, 11) is 1.48. The first-order valence-corrected chi connectivity index (χ1v) is 5.32. The molecule has 3 heteroatoms. The zero-order valence-corrected chi connectivity index (χ0v) is 8.87. The molecule has 2 nitrogen and oxygen atoms in total. The average Bonchev–Trinajstić information content (AvgIpc) is 2.14. The van der Waals surface area contributed by atoms with Gasteiger partial charge in [0.25, 0.3) is 0 Å². The second-order valence-electron chi connectivity index (χ2n) is 4.08. The summed E-state index contributed by atoms with van der Waals surface area (Å²) in [6.07, 6.45) is 3.51. The van der Waals surface area contributed by atoms with Crippen molar-refractivity contribution < 1.29 is 9.13 Å². The van der Waals surface area contributed by atoms with Gasteiger partial charge in [0, 0.05) is 11.6 Å². The van der Waals surface area contributed by atoms with Crippen LogP contribution in [0, 0.1) is 11.7 Å². The van der Waals surface area contributed by atoms with Crippen molar-refractivity contribution in [3.8, 4) is 5.75 Å². The van der Waals surface area contributed by atoms with Gasteiger partial charge in [-0.15, -0.1) is 0 Å². The lowest BCUT2D eigenvalue weighted by atomic mass is 9.77. The fourth-order valence-corrected chi connectivity index (χ4v) is 2.06. The fourth-order valence-electron chi connectivity index (χ4n) is 2.06. The van der Waals surface area contributed by atoms with Gasteiger partial charge in [-0.1, -0.05) is 18.6 Å². The van der Waals surface area contributed by atoms with Crippen LogP contribution >= 0.6 is 0 Å². The average molecular weight is 209 g/mol. The van der Waals surface area contributed by atoms with Crippen LogP contribution < -0.4 is 10.5 Å². The van der Waals surface area contributed by atoms with E-state index < -0.39 is 0 Å². The molecular weight excluding hydrogens is 193 g/mol. The summed E-state index contributed by atoms with van der Waals surface area (Å²) in [5.74, 6) is 0.461. The van der Waals surface area contributed by atoms with E-state index in [1.165, 1.54) is 19.6 Å². The molecule has 1 saturated carbocycles. The van der Waals surface area contributed by atoms with Gasteiger partial charge < -0.3 is 10.5 Å². The van der Waals surface area contributed by atoms with Gasteiger partial charge in [-0.2, -0.15) is 0 Å². The molecule has 0 spiro atoms. The highest BCUT2D eigenvalue weighted by molar-refractivity contribution is 5.37. The molecule has 0 aliphatic heterocycles. The SMILES string of the molecule is COc1c(F)cccc1[C@H](N)C1CCC1. The van der Waals surface area contributed by atoms with Gasteiger partial charge in [0.1, 0.15) is 0 Å². The zero-order chi connectivity index (χ0) is 10.8. The van der Waals surface area contributed by atoms with Gasteiger partial charge in [-0.25, -0.2) is 4.39 Å². The summed E-state index contributed by atoms with van der Waals surface area (Å²) in [5, 5.41) is 0. The number of benzene rings is 1. The van der Waals surface area contributed by atoms with E-state index in [4.69, 9.17) is 10.5 Å². The van der Waals surface area contributed by atoms with Crippen LogP contribution in [0.1, 0.15) is 30.9 Å². The fraction of sp³-hybridized carbons (Fsp3) is 0.500. The first-order chi connectivity index (χ1) is 7.24. The molecule has 0 aromatic heterocycles. The van der Waals surface area contributed by atoms with Crippen molar-refractivity contribution >= 4 is 0 Å². The Morgan fingerprint density at radius 1 is 1.47 bits per heavy atom. The van der Waals surface area contributed by atoms with Gasteiger partial charge in [0.05, 0.1) is 7.11 Å². The van der Waals surface area contributed by atoms with Crippen LogP contribution in [0.25, 0.3) is 0 Å². The van der Waals surface area contributed by atoms with Crippen molar-refractivity contribution in [3.05, 3.63) is 29.6 Å². The van der Waals surface area contributed by atoms with E-state index in [1.54, 1.807) is 6.07 Å². The molecule has 1 aliphatic rings. The molecule has 1 fully saturated rings. The molecule has 15 heavy (non-hydrogen) atoms. The van der Waals surface area contributed by atoms with Gasteiger partial charge >= 0.3 is 0 Å².